The van der Waals surface area contributed by atoms with Crippen molar-refractivity contribution in [2.24, 2.45) is 0 Å². The number of hydrogen-bond donors (Lipinski definition) is 0. The lowest BCUT2D eigenvalue weighted by molar-refractivity contribution is 1.55. The van der Waals surface area contributed by atoms with E-state index in [0.29, 0.717) is 5.69 Å². The van der Waals surface area contributed by atoms with Crippen LogP contribution in [0.5, 0.6) is 0 Å². The normalized spacial score (nSPS) is 11.0. The van der Waals surface area contributed by atoms with E-state index in [0.717, 1.165) is 55.6 Å². The molecule has 0 fully saturated rings. The molecule has 0 unspecified atom stereocenters. The summed E-state index contributed by atoms with van der Waals surface area (Å²) in [5, 5.41) is 0. The zero-order valence-corrected chi connectivity index (χ0v) is 35.4. The van der Waals surface area contributed by atoms with Gasteiger partial charge in [0.2, 0.25) is 0 Å². The lowest BCUT2D eigenvalue weighted by Gasteiger charge is -2.10. The second-order valence-corrected chi connectivity index (χ2v) is 15.7. The lowest BCUT2D eigenvalue weighted by Crippen LogP contribution is -1.88. The summed E-state index contributed by atoms with van der Waals surface area (Å²) in [5.74, 6) is 0. The molecule has 9 aromatic rings. The molecule has 0 heterocycles. The number of nitrogens with zero attached hydrogens (tertiary/aromatic N) is 1. The largest absolute Gasteiger partial charge is 0.238 e. The molecule has 0 amide bonds. The van der Waals surface area contributed by atoms with Crippen LogP contribution in [0.4, 0.5) is 5.69 Å². The Labute approximate surface area is 377 Å². The molecule has 0 spiro atoms. The molecule has 0 bridgehead atoms. The summed E-state index contributed by atoms with van der Waals surface area (Å²) in [6.07, 6.45) is 13.4. The van der Waals surface area contributed by atoms with E-state index in [1.165, 1.54) is 33.4 Å². The molecule has 0 saturated carbocycles. The van der Waals surface area contributed by atoms with Crippen LogP contribution in [0.3, 0.4) is 0 Å². The van der Waals surface area contributed by atoms with Gasteiger partial charge < -0.3 is 0 Å². The van der Waals surface area contributed by atoms with Gasteiger partial charge in [-0.25, -0.2) is 4.85 Å². The van der Waals surface area contributed by atoms with Gasteiger partial charge in [0, 0.05) is 0 Å². The zero-order valence-electron chi connectivity index (χ0n) is 35.4. The predicted molar refractivity (Wildman–Crippen MR) is 274 cm³/mol. The van der Waals surface area contributed by atoms with E-state index in [2.05, 4.69) is 254 Å². The Hall–Kier alpha value is -8.57. The van der Waals surface area contributed by atoms with E-state index in [1.54, 1.807) is 0 Å². The van der Waals surface area contributed by atoms with Crippen molar-refractivity contribution in [2.75, 3.05) is 0 Å². The van der Waals surface area contributed by atoms with E-state index >= 15 is 0 Å². The molecule has 1 heteroatoms. The van der Waals surface area contributed by atoms with Crippen molar-refractivity contribution in [3.05, 3.63) is 304 Å². The molecule has 9 aromatic carbocycles. The van der Waals surface area contributed by atoms with Crippen molar-refractivity contribution in [2.45, 2.75) is 0 Å². The van der Waals surface area contributed by atoms with Gasteiger partial charge in [0.05, 0.1) is 6.57 Å². The molecule has 0 aromatic heterocycles. The Morgan fingerprint density at radius 2 is 0.625 bits per heavy atom. The van der Waals surface area contributed by atoms with Gasteiger partial charge in [-0.3, -0.25) is 0 Å². The number of rotatable bonds is 12. The van der Waals surface area contributed by atoms with E-state index in [1.807, 2.05) is 24.3 Å². The highest BCUT2D eigenvalue weighted by molar-refractivity contribution is 5.93. The summed E-state index contributed by atoms with van der Waals surface area (Å²) in [7, 11) is 0. The van der Waals surface area contributed by atoms with Crippen molar-refractivity contribution >= 4 is 53.3 Å². The first-order chi connectivity index (χ1) is 31.6. The lowest BCUT2D eigenvalue weighted by atomic mass is 9.95. The molecule has 0 aliphatic rings. The van der Waals surface area contributed by atoms with E-state index in [9.17, 15) is 0 Å². The predicted octanol–water partition coefficient (Wildman–Crippen LogP) is 17.1. The Morgan fingerprint density at radius 3 is 1.02 bits per heavy atom. The Balaban J connectivity index is 1.01. The average Bonchev–Trinajstić information content (AvgIpc) is 3.38. The minimum absolute atomic E-state index is 0.647. The van der Waals surface area contributed by atoms with Crippen molar-refractivity contribution in [3.63, 3.8) is 0 Å². The minimum Gasteiger partial charge on any atom is -0.238 e. The molecule has 302 valence electrons. The SMILES string of the molecule is [C-]#[N+]c1ccc(-c2ccc(-c3ccc(C=Cc4ccc(C=C(c5ccccc5)c5ccccc5)cc4)c(C=Cc4ccc(C=C(c5ccccc5)c5ccccc5)cc4)c3)cc2)cc1. The van der Waals surface area contributed by atoms with Gasteiger partial charge in [0.1, 0.15) is 0 Å². The van der Waals surface area contributed by atoms with Gasteiger partial charge in [-0.2, -0.15) is 0 Å². The van der Waals surface area contributed by atoms with Gasteiger partial charge in [0.25, 0.3) is 0 Å². The highest BCUT2D eigenvalue weighted by Crippen LogP contribution is 2.31. The van der Waals surface area contributed by atoms with Gasteiger partial charge >= 0.3 is 0 Å². The van der Waals surface area contributed by atoms with Crippen molar-refractivity contribution in [1.82, 2.24) is 0 Å². The first-order valence-electron chi connectivity index (χ1n) is 21.6. The third kappa shape index (κ3) is 10.1. The van der Waals surface area contributed by atoms with Crippen LogP contribution in [-0.4, -0.2) is 0 Å². The van der Waals surface area contributed by atoms with Crippen LogP contribution in [0.25, 0.3) is 74.7 Å². The first-order valence-corrected chi connectivity index (χ1v) is 21.6. The van der Waals surface area contributed by atoms with Gasteiger partial charge in [-0.15, -0.1) is 0 Å². The van der Waals surface area contributed by atoms with Crippen molar-refractivity contribution in [3.8, 4) is 22.3 Å². The van der Waals surface area contributed by atoms with Crippen LogP contribution < -0.4 is 0 Å². The van der Waals surface area contributed by atoms with Crippen LogP contribution in [0.2, 0.25) is 0 Å². The molecule has 0 N–H and O–H groups in total. The standard InChI is InChI=1S/C63H45N/c1-64-61-42-40-52(41-43-61)51-34-36-54(37-35-51)60-39-38-53(32-30-47-22-26-49(27-23-47)44-62(55-14-6-2-7-15-55)56-16-8-3-9-17-56)59(46-60)33-31-48-24-28-50(29-25-48)45-63(57-18-10-4-11-19-57)58-20-12-5-13-21-58/h2-46H. The quantitative estimate of drug-likeness (QED) is 0.0855. The van der Waals surface area contributed by atoms with E-state index in [-0.39, 0.29) is 0 Å². The van der Waals surface area contributed by atoms with Crippen molar-refractivity contribution < 1.29 is 0 Å². The smallest absolute Gasteiger partial charge is 0.187 e. The number of benzene rings is 9. The second-order valence-electron chi connectivity index (χ2n) is 15.7. The summed E-state index contributed by atoms with van der Waals surface area (Å²) < 4.78 is 0. The Bertz CT molecular complexity index is 3030. The minimum atomic E-state index is 0.647. The fraction of sp³-hybridized carbons (Fsp3) is 0. The molecule has 64 heavy (non-hydrogen) atoms. The molecule has 0 aliphatic heterocycles. The van der Waals surface area contributed by atoms with Gasteiger partial charge in [-0.05, 0) is 107 Å². The first kappa shape index (κ1) is 40.8. The van der Waals surface area contributed by atoms with E-state index < -0.39 is 0 Å². The molecule has 0 saturated heterocycles. The van der Waals surface area contributed by atoms with Crippen LogP contribution in [0, 0.1) is 6.57 Å². The Morgan fingerprint density at radius 1 is 0.297 bits per heavy atom. The Kier molecular flexibility index (Phi) is 12.7. The molecular weight excluding hydrogens is 771 g/mol. The molecule has 0 aliphatic carbocycles. The van der Waals surface area contributed by atoms with Crippen LogP contribution >= 0.6 is 0 Å². The summed E-state index contributed by atoms with van der Waals surface area (Å²) in [5.41, 5.74) is 19.1. The molecule has 1 nitrogen and oxygen atoms in total. The maximum Gasteiger partial charge on any atom is 0.187 e. The molecule has 0 atom stereocenters. The fourth-order valence-corrected chi connectivity index (χ4v) is 7.88. The maximum absolute atomic E-state index is 7.30. The summed E-state index contributed by atoms with van der Waals surface area (Å²) >= 11 is 0. The maximum atomic E-state index is 7.30. The van der Waals surface area contributed by atoms with E-state index in [4.69, 9.17) is 6.57 Å². The van der Waals surface area contributed by atoms with Gasteiger partial charge in [0.15, 0.2) is 5.69 Å². The third-order valence-corrected chi connectivity index (χ3v) is 11.4. The molecule has 9 rings (SSSR count). The fourth-order valence-electron chi connectivity index (χ4n) is 7.88. The average molecular weight is 816 g/mol. The van der Waals surface area contributed by atoms with Crippen LogP contribution in [-0.2, 0) is 0 Å². The summed E-state index contributed by atoms with van der Waals surface area (Å²) in [4.78, 5) is 3.54. The topological polar surface area (TPSA) is 4.36 Å². The van der Waals surface area contributed by atoms with Gasteiger partial charge in [-0.1, -0.05) is 255 Å². The second kappa shape index (κ2) is 19.9. The highest BCUT2D eigenvalue weighted by Gasteiger charge is 2.08. The van der Waals surface area contributed by atoms with Crippen molar-refractivity contribution in [1.29, 1.82) is 0 Å². The summed E-state index contributed by atoms with van der Waals surface area (Å²) in [6, 6.07) is 83.0. The van der Waals surface area contributed by atoms with Crippen LogP contribution in [0.15, 0.2) is 237 Å². The molecular formula is C63H45N. The third-order valence-electron chi connectivity index (χ3n) is 11.4. The highest BCUT2D eigenvalue weighted by atomic mass is 14.6. The summed E-state index contributed by atoms with van der Waals surface area (Å²) in [6.45, 7) is 7.30. The zero-order chi connectivity index (χ0) is 43.3. The number of hydrogen-bond acceptors (Lipinski definition) is 0. The monoisotopic (exact) mass is 815 g/mol. The molecule has 0 radical (unpaired) electrons. The van der Waals surface area contributed by atoms with Crippen LogP contribution in [0.1, 0.15) is 55.6 Å².